The average molecular weight is 903 g/mol. The van der Waals surface area contributed by atoms with Gasteiger partial charge in [0, 0.05) is 64.6 Å². The molecule has 0 radical (unpaired) electrons. The molecule has 7 N–H and O–H groups in total. The highest BCUT2D eigenvalue weighted by atomic mass is 28.3. The molecule has 6 amide bonds. The third kappa shape index (κ3) is 13.5. The SMILES string of the molecule is CCn1cc(C(=O)O)c(=O)c2cc(F)c(N3CCN(C(=O)OCc4ccc(NC(=O)[C@H](CCCNC(N)=O)NC(=O)[C@H](C[Si](C)(C)C)NC(=O)OCc5ccccc5)cc4)CC3)cc21. The fourth-order valence-corrected chi connectivity index (χ4v) is 8.64. The first-order chi connectivity index (χ1) is 30.4. The van der Waals surface area contributed by atoms with Gasteiger partial charge in [-0.3, -0.25) is 14.4 Å². The van der Waals surface area contributed by atoms with Crippen LogP contribution in [-0.4, -0.2) is 103 Å². The lowest BCUT2D eigenvalue weighted by atomic mass is 10.1. The number of aryl methyl sites for hydroxylation is 1. The monoisotopic (exact) mass is 902 g/mol. The molecule has 20 heteroatoms. The zero-order chi connectivity index (χ0) is 46.6. The fraction of sp³-hybridized carbons (Fsp3) is 0.386. The largest absolute Gasteiger partial charge is 0.477 e. The summed E-state index contributed by atoms with van der Waals surface area (Å²) in [4.78, 5) is 92.0. The number of pyridine rings is 1. The lowest BCUT2D eigenvalue weighted by Gasteiger charge is -2.35. The maximum atomic E-state index is 15.4. The number of urea groups is 1. The number of nitrogens with zero attached hydrogens (tertiary/aromatic N) is 3. The standard InChI is InChI=1S/C44H55FN8O10Si/c1-5-51-24-32(41(57)58)38(54)31-22-33(45)37(23-36(31)51)52-18-20-53(21-19-52)44(61)63-26-29-13-15-30(16-14-29)48-39(55)34(12-9-17-47-42(46)59)49-40(56)35(27-64(2,3)4)50-43(60)62-25-28-10-7-6-8-11-28/h6-8,10-11,13-16,22-24,34-35H,5,9,12,17-21,25-27H2,1-4H3,(H,48,55)(H,49,56)(H,50,60)(H,57,58)(H3,46,47,59)/t34-,35-/m0/s1. The van der Waals surface area contributed by atoms with E-state index < -0.39 is 73.0 Å². The van der Waals surface area contributed by atoms with E-state index in [-0.39, 0.29) is 63.4 Å². The average Bonchev–Trinajstić information content (AvgIpc) is 3.26. The van der Waals surface area contributed by atoms with Crippen LogP contribution in [0.3, 0.4) is 0 Å². The molecule has 2 atom stereocenters. The van der Waals surface area contributed by atoms with Crippen LogP contribution in [0.25, 0.3) is 10.9 Å². The minimum absolute atomic E-state index is 0.00935. The fourth-order valence-electron chi connectivity index (χ4n) is 7.12. The van der Waals surface area contributed by atoms with E-state index in [2.05, 4.69) is 21.3 Å². The number of aromatic nitrogens is 1. The van der Waals surface area contributed by atoms with Crippen LogP contribution >= 0.6 is 0 Å². The van der Waals surface area contributed by atoms with Crippen molar-refractivity contribution in [2.45, 2.75) is 77.3 Å². The molecule has 1 aromatic heterocycles. The van der Waals surface area contributed by atoms with Crippen molar-refractivity contribution in [2.24, 2.45) is 5.73 Å². The minimum Gasteiger partial charge on any atom is -0.477 e. The molecule has 4 aromatic rings. The van der Waals surface area contributed by atoms with E-state index in [0.717, 1.165) is 11.6 Å². The first kappa shape index (κ1) is 48.1. The summed E-state index contributed by atoms with van der Waals surface area (Å²) in [7, 11) is -1.95. The van der Waals surface area contributed by atoms with Crippen molar-refractivity contribution in [3.05, 3.63) is 106 Å². The molecule has 18 nitrogen and oxygen atoms in total. The zero-order valence-corrected chi connectivity index (χ0v) is 37.3. The molecule has 0 bridgehead atoms. The number of anilines is 2. The Kier molecular flexibility index (Phi) is 16.5. The van der Waals surface area contributed by atoms with E-state index in [1.165, 1.54) is 17.2 Å². The van der Waals surface area contributed by atoms with E-state index in [1.807, 2.05) is 37.8 Å². The number of rotatable bonds is 18. The van der Waals surface area contributed by atoms with Gasteiger partial charge in [0.15, 0.2) is 0 Å². The molecule has 1 fully saturated rings. The Morgan fingerprint density at radius 1 is 0.859 bits per heavy atom. The van der Waals surface area contributed by atoms with Crippen molar-refractivity contribution in [2.75, 3.05) is 42.9 Å². The number of nitrogens with one attached hydrogen (secondary N) is 4. The number of primary amides is 1. The quantitative estimate of drug-likeness (QED) is 0.0584. The van der Waals surface area contributed by atoms with Crippen LogP contribution in [0.2, 0.25) is 25.7 Å². The number of piperazine rings is 1. The third-order valence-corrected chi connectivity index (χ3v) is 12.1. The Bertz CT molecular complexity index is 2390. The van der Waals surface area contributed by atoms with Gasteiger partial charge >= 0.3 is 24.2 Å². The Balaban J connectivity index is 1.16. The van der Waals surface area contributed by atoms with Crippen LogP contribution in [0.15, 0.2) is 77.7 Å². The van der Waals surface area contributed by atoms with Gasteiger partial charge in [-0.15, -0.1) is 0 Å². The van der Waals surface area contributed by atoms with E-state index in [0.29, 0.717) is 35.8 Å². The van der Waals surface area contributed by atoms with Crippen LogP contribution in [0.1, 0.15) is 41.3 Å². The van der Waals surface area contributed by atoms with Crippen molar-refractivity contribution in [3.8, 4) is 0 Å². The number of hydrogen-bond donors (Lipinski definition) is 6. The smallest absolute Gasteiger partial charge is 0.410 e. The first-order valence-electron chi connectivity index (χ1n) is 20.9. The topological polar surface area (TPSA) is 244 Å². The van der Waals surface area contributed by atoms with Gasteiger partial charge in [0.05, 0.1) is 11.2 Å². The highest BCUT2D eigenvalue weighted by Gasteiger charge is 2.32. The lowest BCUT2D eigenvalue weighted by molar-refractivity contribution is -0.127. The second kappa shape index (κ2) is 21.9. The van der Waals surface area contributed by atoms with Crippen molar-refractivity contribution in [1.29, 1.82) is 0 Å². The molecule has 5 rings (SSSR count). The van der Waals surface area contributed by atoms with Crippen molar-refractivity contribution in [1.82, 2.24) is 25.4 Å². The summed E-state index contributed by atoms with van der Waals surface area (Å²) in [5, 5.41) is 20.1. The number of halogens is 1. The highest BCUT2D eigenvalue weighted by Crippen LogP contribution is 2.27. The number of nitrogens with two attached hydrogens (primary N) is 1. The number of hydrogen-bond acceptors (Lipinski definition) is 10. The number of carbonyl (C=O) groups is 6. The summed E-state index contributed by atoms with van der Waals surface area (Å²) in [6, 6.07) is 15.8. The van der Waals surface area contributed by atoms with E-state index in [1.54, 1.807) is 52.8 Å². The molecule has 3 aromatic carbocycles. The molecule has 0 aliphatic carbocycles. The Labute approximate surface area is 370 Å². The lowest BCUT2D eigenvalue weighted by Crippen LogP contribution is -2.54. The van der Waals surface area contributed by atoms with Crippen LogP contribution in [0.4, 0.5) is 30.1 Å². The molecule has 0 spiro atoms. The molecule has 0 saturated carbocycles. The number of carboxylic acid groups (broad SMARTS) is 1. The number of alkyl carbamates (subject to hydrolysis) is 1. The highest BCUT2D eigenvalue weighted by molar-refractivity contribution is 6.76. The van der Waals surface area contributed by atoms with Crippen LogP contribution in [0.5, 0.6) is 0 Å². The summed E-state index contributed by atoms with van der Waals surface area (Å²) in [6.07, 6.45) is 0.329. The van der Waals surface area contributed by atoms with Crippen LogP contribution < -0.4 is 37.3 Å². The van der Waals surface area contributed by atoms with Gasteiger partial charge in [-0.2, -0.15) is 0 Å². The summed E-state index contributed by atoms with van der Waals surface area (Å²) < 4.78 is 27.9. The predicted molar refractivity (Wildman–Crippen MR) is 240 cm³/mol. The first-order valence-corrected chi connectivity index (χ1v) is 24.6. The number of carboxylic acids is 1. The van der Waals surface area contributed by atoms with Crippen LogP contribution in [-0.2, 0) is 38.8 Å². The maximum Gasteiger partial charge on any atom is 0.410 e. The molecule has 0 unspecified atom stereocenters. The van der Waals surface area contributed by atoms with Gasteiger partial charge in [0.1, 0.15) is 36.7 Å². The van der Waals surface area contributed by atoms with Crippen molar-refractivity contribution in [3.63, 3.8) is 0 Å². The second-order valence-corrected chi connectivity index (χ2v) is 22.0. The Morgan fingerprint density at radius 2 is 1.52 bits per heavy atom. The molecule has 2 heterocycles. The van der Waals surface area contributed by atoms with Gasteiger partial charge in [-0.1, -0.05) is 62.1 Å². The summed E-state index contributed by atoms with van der Waals surface area (Å²) in [5.41, 5.74) is 6.42. The maximum absolute atomic E-state index is 15.4. The van der Waals surface area contributed by atoms with E-state index in [4.69, 9.17) is 15.2 Å². The number of fused-ring (bicyclic) bond motifs is 1. The molecule has 1 aliphatic heterocycles. The van der Waals surface area contributed by atoms with Crippen molar-refractivity contribution < 1.29 is 47.7 Å². The van der Waals surface area contributed by atoms with Gasteiger partial charge in [0.25, 0.3) is 0 Å². The van der Waals surface area contributed by atoms with Gasteiger partial charge in [-0.25, -0.2) is 23.6 Å². The number of carbonyl (C=O) groups excluding carboxylic acids is 5. The van der Waals surface area contributed by atoms with Gasteiger partial charge in [0.2, 0.25) is 17.2 Å². The van der Waals surface area contributed by atoms with Gasteiger partial charge in [-0.05, 0) is 61.2 Å². The molecule has 64 heavy (non-hydrogen) atoms. The number of benzene rings is 3. The van der Waals surface area contributed by atoms with E-state index in [9.17, 15) is 38.7 Å². The van der Waals surface area contributed by atoms with E-state index >= 15 is 4.39 Å². The number of aromatic carboxylic acids is 1. The molecular formula is C44H55FN8O10Si. The molecule has 1 aliphatic rings. The molecule has 1 saturated heterocycles. The van der Waals surface area contributed by atoms with Gasteiger partial charge < -0.3 is 55.9 Å². The number of ether oxygens (including phenoxy) is 2. The summed E-state index contributed by atoms with van der Waals surface area (Å²) >= 11 is 0. The zero-order valence-electron chi connectivity index (χ0n) is 36.3. The second-order valence-electron chi connectivity index (χ2n) is 16.5. The Hall–Kier alpha value is -6.96. The summed E-state index contributed by atoms with van der Waals surface area (Å²) in [5.74, 6) is -3.18. The normalized spacial score (nSPS) is 13.6. The predicted octanol–water partition coefficient (Wildman–Crippen LogP) is 4.82. The minimum atomic E-state index is -1.95. The van der Waals surface area contributed by atoms with Crippen LogP contribution in [0, 0.1) is 5.82 Å². The van der Waals surface area contributed by atoms with Crippen molar-refractivity contribution >= 4 is 66.4 Å². The Morgan fingerprint density at radius 3 is 2.14 bits per heavy atom. The number of amides is 6. The molecule has 342 valence electrons. The molecular weight excluding hydrogens is 848 g/mol. The summed E-state index contributed by atoms with van der Waals surface area (Å²) in [6.45, 7) is 9.36. The third-order valence-electron chi connectivity index (χ3n) is 10.4.